The van der Waals surface area contributed by atoms with E-state index in [1.165, 1.54) is 12.1 Å². The fourth-order valence-electron chi connectivity index (χ4n) is 1.69. The summed E-state index contributed by atoms with van der Waals surface area (Å²) in [5.41, 5.74) is 3.15. The molecule has 0 bridgehead atoms. The van der Waals surface area contributed by atoms with Crippen molar-refractivity contribution in [1.29, 1.82) is 0 Å². The third-order valence-electron chi connectivity index (χ3n) is 2.83. The molecule has 0 radical (unpaired) electrons. The second-order valence-corrected chi connectivity index (χ2v) is 5.87. The normalized spacial score (nSPS) is 11.7. The van der Waals surface area contributed by atoms with Crippen molar-refractivity contribution in [3.05, 3.63) is 47.3 Å². The van der Waals surface area contributed by atoms with E-state index in [1.54, 1.807) is 18.3 Å². The highest BCUT2D eigenvalue weighted by Gasteiger charge is 2.06. The number of nitrogens with one attached hydrogen (secondary N) is 2. The number of benzene rings is 1. The van der Waals surface area contributed by atoms with Gasteiger partial charge in [-0.25, -0.2) is 13.6 Å². The number of aromatic amines is 1. The van der Waals surface area contributed by atoms with Gasteiger partial charge < -0.3 is 5.32 Å². The van der Waals surface area contributed by atoms with E-state index in [2.05, 4.69) is 15.5 Å². The van der Waals surface area contributed by atoms with Crippen LogP contribution in [0.4, 0.5) is 0 Å². The molecule has 1 aromatic carbocycles. The smallest absolute Gasteiger partial charge is 0.238 e. The number of hydrogen-bond acceptors (Lipinski definition) is 4. The maximum Gasteiger partial charge on any atom is 0.238 e. The first-order valence-electron chi connectivity index (χ1n) is 5.78. The van der Waals surface area contributed by atoms with Crippen LogP contribution in [0.1, 0.15) is 16.8 Å². The predicted octanol–water partition coefficient (Wildman–Crippen LogP) is 0.655. The van der Waals surface area contributed by atoms with Crippen LogP contribution in [0.25, 0.3) is 0 Å². The first kappa shape index (κ1) is 13.7. The summed E-state index contributed by atoms with van der Waals surface area (Å²) in [6.07, 6.45) is 1.78. The second kappa shape index (κ2) is 5.52. The van der Waals surface area contributed by atoms with Gasteiger partial charge in [-0.2, -0.15) is 5.10 Å². The highest BCUT2D eigenvalue weighted by Crippen LogP contribution is 2.09. The zero-order chi connectivity index (χ0) is 13.9. The molecule has 7 heteroatoms. The van der Waals surface area contributed by atoms with Gasteiger partial charge in [-0.1, -0.05) is 12.1 Å². The van der Waals surface area contributed by atoms with E-state index in [0.717, 1.165) is 16.8 Å². The Kier molecular flexibility index (Phi) is 3.98. The molecule has 0 aliphatic carbocycles. The largest absolute Gasteiger partial charge is 0.308 e. The zero-order valence-corrected chi connectivity index (χ0v) is 11.4. The molecule has 2 rings (SSSR count). The van der Waals surface area contributed by atoms with Gasteiger partial charge in [-0.3, -0.25) is 5.10 Å². The molecule has 0 fully saturated rings. The Morgan fingerprint density at radius 1 is 1.26 bits per heavy atom. The number of rotatable bonds is 5. The van der Waals surface area contributed by atoms with Crippen molar-refractivity contribution in [3.8, 4) is 0 Å². The average molecular weight is 280 g/mol. The fourth-order valence-corrected chi connectivity index (χ4v) is 2.21. The first-order valence-corrected chi connectivity index (χ1v) is 7.33. The van der Waals surface area contributed by atoms with Crippen LogP contribution in [-0.2, 0) is 23.1 Å². The monoisotopic (exact) mass is 280 g/mol. The number of nitrogens with two attached hydrogens (primary N) is 1. The Balaban J connectivity index is 1.92. The van der Waals surface area contributed by atoms with Gasteiger partial charge in [0.1, 0.15) is 0 Å². The van der Waals surface area contributed by atoms with Crippen molar-refractivity contribution in [2.75, 3.05) is 0 Å². The minimum Gasteiger partial charge on any atom is -0.308 e. The number of primary sulfonamides is 1. The molecule has 6 nitrogen and oxygen atoms in total. The lowest BCUT2D eigenvalue weighted by Gasteiger charge is -2.05. The molecule has 102 valence electrons. The minimum absolute atomic E-state index is 0.127. The third kappa shape index (κ3) is 3.63. The van der Waals surface area contributed by atoms with E-state index in [9.17, 15) is 8.42 Å². The van der Waals surface area contributed by atoms with Gasteiger partial charge in [-0.05, 0) is 24.6 Å². The molecule has 2 aromatic rings. The SMILES string of the molecule is Cc1[nH]ncc1CNCc1ccc(S(N)(=O)=O)cc1. The van der Waals surface area contributed by atoms with Crippen molar-refractivity contribution in [2.45, 2.75) is 24.9 Å². The molecule has 19 heavy (non-hydrogen) atoms. The summed E-state index contributed by atoms with van der Waals surface area (Å²) in [5.74, 6) is 0. The molecule has 1 aromatic heterocycles. The summed E-state index contributed by atoms with van der Waals surface area (Å²) in [7, 11) is -3.61. The van der Waals surface area contributed by atoms with Crippen molar-refractivity contribution < 1.29 is 8.42 Å². The van der Waals surface area contributed by atoms with Gasteiger partial charge in [0.05, 0.1) is 11.1 Å². The lowest BCUT2D eigenvalue weighted by atomic mass is 10.2. The van der Waals surface area contributed by atoms with Crippen molar-refractivity contribution in [1.82, 2.24) is 15.5 Å². The van der Waals surface area contributed by atoms with E-state index in [-0.39, 0.29) is 4.90 Å². The Bertz CT molecular complexity index is 647. The minimum atomic E-state index is -3.61. The average Bonchev–Trinajstić information content (AvgIpc) is 2.75. The van der Waals surface area contributed by atoms with E-state index in [1.807, 2.05) is 6.92 Å². The molecule has 0 amide bonds. The van der Waals surface area contributed by atoms with Crippen molar-refractivity contribution in [2.24, 2.45) is 5.14 Å². The van der Waals surface area contributed by atoms with Gasteiger partial charge in [-0.15, -0.1) is 0 Å². The molecule has 0 unspecified atom stereocenters. The summed E-state index contributed by atoms with van der Waals surface area (Å²) in [6, 6.07) is 6.51. The van der Waals surface area contributed by atoms with E-state index in [0.29, 0.717) is 13.1 Å². The Hall–Kier alpha value is -1.70. The molecular formula is C12H16N4O2S. The van der Waals surface area contributed by atoms with Crippen LogP contribution in [0, 0.1) is 6.92 Å². The van der Waals surface area contributed by atoms with Crippen molar-refractivity contribution in [3.63, 3.8) is 0 Å². The number of aryl methyl sites for hydroxylation is 1. The molecule has 0 saturated carbocycles. The highest BCUT2D eigenvalue weighted by molar-refractivity contribution is 7.89. The highest BCUT2D eigenvalue weighted by atomic mass is 32.2. The number of sulfonamides is 1. The van der Waals surface area contributed by atoms with Gasteiger partial charge in [0.25, 0.3) is 0 Å². The first-order chi connectivity index (χ1) is 8.97. The molecule has 0 atom stereocenters. The summed E-state index contributed by atoms with van der Waals surface area (Å²) in [5, 5.41) is 15.1. The number of hydrogen-bond donors (Lipinski definition) is 3. The molecular weight excluding hydrogens is 264 g/mol. The lowest BCUT2D eigenvalue weighted by Crippen LogP contribution is -2.14. The predicted molar refractivity (Wildman–Crippen MR) is 71.7 cm³/mol. The quantitative estimate of drug-likeness (QED) is 0.748. The summed E-state index contributed by atoms with van der Waals surface area (Å²) in [4.78, 5) is 0.127. The van der Waals surface area contributed by atoms with Crippen LogP contribution in [0.5, 0.6) is 0 Å². The second-order valence-electron chi connectivity index (χ2n) is 4.31. The van der Waals surface area contributed by atoms with E-state index < -0.39 is 10.0 Å². The number of nitrogens with zero attached hydrogens (tertiary/aromatic N) is 1. The van der Waals surface area contributed by atoms with Gasteiger partial charge in [0.2, 0.25) is 10.0 Å². The standard InChI is InChI=1S/C12H16N4O2S/c1-9-11(8-15-16-9)7-14-6-10-2-4-12(5-3-10)19(13,17)18/h2-5,8,14H,6-7H2,1H3,(H,15,16)(H2,13,17,18). The molecule has 0 aliphatic rings. The summed E-state index contributed by atoms with van der Waals surface area (Å²) >= 11 is 0. The molecule has 1 heterocycles. The molecule has 0 spiro atoms. The van der Waals surface area contributed by atoms with Crippen LogP contribution in [0.2, 0.25) is 0 Å². The lowest BCUT2D eigenvalue weighted by molar-refractivity contribution is 0.597. The van der Waals surface area contributed by atoms with Crippen LogP contribution in [0.3, 0.4) is 0 Å². The fraction of sp³-hybridized carbons (Fsp3) is 0.250. The summed E-state index contributed by atoms with van der Waals surface area (Å²) < 4.78 is 22.2. The Morgan fingerprint density at radius 2 is 1.95 bits per heavy atom. The van der Waals surface area contributed by atoms with Gasteiger partial charge in [0, 0.05) is 24.3 Å². The Labute approximate surface area is 112 Å². The maximum absolute atomic E-state index is 11.1. The van der Waals surface area contributed by atoms with Crippen LogP contribution in [-0.4, -0.2) is 18.6 Å². The molecule has 0 aliphatic heterocycles. The van der Waals surface area contributed by atoms with Crippen LogP contribution in [0.15, 0.2) is 35.4 Å². The topological polar surface area (TPSA) is 101 Å². The Morgan fingerprint density at radius 3 is 2.47 bits per heavy atom. The zero-order valence-electron chi connectivity index (χ0n) is 10.6. The molecule has 4 N–H and O–H groups in total. The molecule has 0 saturated heterocycles. The maximum atomic E-state index is 11.1. The van der Waals surface area contributed by atoms with E-state index in [4.69, 9.17) is 5.14 Å². The number of aromatic nitrogens is 2. The third-order valence-corrected chi connectivity index (χ3v) is 3.76. The van der Waals surface area contributed by atoms with Crippen molar-refractivity contribution >= 4 is 10.0 Å². The van der Waals surface area contributed by atoms with E-state index >= 15 is 0 Å². The van der Waals surface area contributed by atoms with Crippen LogP contribution < -0.4 is 10.5 Å². The number of H-pyrrole nitrogens is 1. The summed E-state index contributed by atoms with van der Waals surface area (Å²) in [6.45, 7) is 3.32. The van der Waals surface area contributed by atoms with Gasteiger partial charge >= 0.3 is 0 Å². The van der Waals surface area contributed by atoms with Crippen LogP contribution >= 0.6 is 0 Å². The van der Waals surface area contributed by atoms with Gasteiger partial charge in [0.15, 0.2) is 0 Å².